The molecule has 3 aliphatic rings. The summed E-state index contributed by atoms with van der Waals surface area (Å²) >= 11 is 0. The highest BCUT2D eigenvalue weighted by atomic mass is 19.3. The summed E-state index contributed by atoms with van der Waals surface area (Å²) in [6, 6.07) is 2.34. The van der Waals surface area contributed by atoms with Gasteiger partial charge in [0.15, 0.2) is 5.65 Å². The zero-order chi connectivity index (χ0) is 32.6. The van der Waals surface area contributed by atoms with E-state index in [0.29, 0.717) is 43.1 Å². The molecule has 1 aliphatic heterocycles. The van der Waals surface area contributed by atoms with Gasteiger partial charge in [0, 0.05) is 57.6 Å². The van der Waals surface area contributed by atoms with E-state index in [-0.39, 0.29) is 80.6 Å². The molecule has 4 heterocycles. The van der Waals surface area contributed by atoms with E-state index in [1.807, 2.05) is 19.9 Å². The smallest absolute Gasteiger partial charge is 0.270 e. The Balaban J connectivity index is 1.27. The van der Waals surface area contributed by atoms with E-state index in [1.165, 1.54) is 0 Å². The molecule has 250 valence electrons. The molecule has 0 unspecified atom stereocenters. The third kappa shape index (κ3) is 7.21. The van der Waals surface area contributed by atoms with Crippen molar-refractivity contribution in [1.82, 2.24) is 35.0 Å². The van der Waals surface area contributed by atoms with Gasteiger partial charge in [-0.05, 0) is 75.0 Å². The van der Waals surface area contributed by atoms with Crippen molar-refractivity contribution in [3.63, 3.8) is 0 Å². The maximum atomic E-state index is 14.1. The van der Waals surface area contributed by atoms with Crippen molar-refractivity contribution in [2.75, 3.05) is 13.2 Å². The standard InChI is InChI=1S/C32H41F4N7O3/c1-19(2)43-25(5-10-37-43)30(45)41-29(21-3-8-31(33,34)9-4-21)24-18-42-26(39-24)14-23(17-38-42)28(22-6-11-46-12-7-22)40-27(44)13-20-15-32(35,36)16-20/h5,10,14,17-22,28-29H,3-4,6-9,11-13,15-16H2,1-2H3,(H,40,44)(H,41,45)/t28-,29+/m1/s1. The van der Waals surface area contributed by atoms with E-state index >= 15 is 0 Å². The van der Waals surface area contributed by atoms with E-state index in [9.17, 15) is 27.2 Å². The molecular formula is C32H41F4N7O3. The number of aromatic nitrogens is 5. The number of fused-ring (bicyclic) bond motifs is 1. The molecule has 14 heteroatoms. The topological polar surface area (TPSA) is 115 Å². The minimum Gasteiger partial charge on any atom is -0.381 e. The zero-order valence-corrected chi connectivity index (χ0v) is 26.1. The predicted molar refractivity (Wildman–Crippen MR) is 159 cm³/mol. The van der Waals surface area contributed by atoms with Crippen molar-refractivity contribution in [2.45, 2.75) is 102 Å². The van der Waals surface area contributed by atoms with Crippen LogP contribution in [0.5, 0.6) is 0 Å². The molecule has 10 nitrogen and oxygen atoms in total. The van der Waals surface area contributed by atoms with Gasteiger partial charge in [0.2, 0.25) is 17.8 Å². The Labute approximate surface area is 264 Å². The molecule has 2 aliphatic carbocycles. The maximum Gasteiger partial charge on any atom is 0.270 e. The van der Waals surface area contributed by atoms with Crippen molar-refractivity contribution >= 4 is 17.5 Å². The van der Waals surface area contributed by atoms with Gasteiger partial charge in [-0.1, -0.05) is 0 Å². The molecular weight excluding hydrogens is 606 g/mol. The molecule has 0 spiro atoms. The van der Waals surface area contributed by atoms with Gasteiger partial charge >= 0.3 is 0 Å². The molecule has 46 heavy (non-hydrogen) atoms. The van der Waals surface area contributed by atoms with Crippen molar-refractivity contribution in [3.8, 4) is 0 Å². The van der Waals surface area contributed by atoms with Gasteiger partial charge in [-0.25, -0.2) is 27.1 Å². The van der Waals surface area contributed by atoms with Crippen LogP contribution in [0.4, 0.5) is 17.6 Å². The SMILES string of the molecule is CC(C)n1nccc1C(=O)N[C@H](c1cn2ncc([C@H](NC(=O)CC3CC(F)(F)C3)C3CCOCC3)cc2n1)C1CCC(F)(F)CC1. The molecule has 0 aromatic carbocycles. The number of carbonyl (C=O) groups is 2. The Morgan fingerprint density at radius 1 is 0.978 bits per heavy atom. The monoisotopic (exact) mass is 647 g/mol. The summed E-state index contributed by atoms with van der Waals surface area (Å²) in [5.41, 5.74) is 2.07. The van der Waals surface area contributed by atoms with Crippen molar-refractivity contribution in [2.24, 2.45) is 17.8 Å². The van der Waals surface area contributed by atoms with Crippen molar-refractivity contribution in [1.29, 1.82) is 0 Å². The summed E-state index contributed by atoms with van der Waals surface area (Å²) in [7, 11) is 0. The van der Waals surface area contributed by atoms with Gasteiger partial charge in [0.05, 0.1) is 30.2 Å². The summed E-state index contributed by atoms with van der Waals surface area (Å²) in [5.74, 6) is -6.63. The van der Waals surface area contributed by atoms with Crippen LogP contribution in [0, 0.1) is 17.8 Å². The Hall–Kier alpha value is -3.55. The summed E-state index contributed by atoms with van der Waals surface area (Å²) in [6.45, 7) is 4.93. The maximum absolute atomic E-state index is 14.1. The Bertz CT molecular complexity index is 1530. The first-order valence-corrected chi connectivity index (χ1v) is 16.2. The third-order valence-corrected chi connectivity index (χ3v) is 9.65. The lowest BCUT2D eigenvalue weighted by molar-refractivity contribution is -0.134. The molecule has 2 amide bonds. The number of ether oxygens (including phenoxy) is 1. The third-order valence-electron chi connectivity index (χ3n) is 9.65. The van der Waals surface area contributed by atoms with Crippen LogP contribution in [0.15, 0.2) is 30.7 Å². The van der Waals surface area contributed by atoms with Gasteiger partial charge in [-0.2, -0.15) is 10.2 Å². The molecule has 2 saturated carbocycles. The van der Waals surface area contributed by atoms with E-state index in [0.717, 1.165) is 5.56 Å². The summed E-state index contributed by atoms with van der Waals surface area (Å²) < 4.78 is 63.8. The second-order valence-electron chi connectivity index (χ2n) is 13.5. The highest BCUT2D eigenvalue weighted by Gasteiger charge is 2.46. The summed E-state index contributed by atoms with van der Waals surface area (Å²) in [5, 5.41) is 15.0. The van der Waals surface area contributed by atoms with Gasteiger partial charge in [-0.3, -0.25) is 14.3 Å². The fourth-order valence-electron chi connectivity index (χ4n) is 7.13. The van der Waals surface area contributed by atoms with Gasteiger partial charge in [0.1, 0.15) is 5.69 Å². The van der Waals surface area contributed by atoms with Crippen molar-refractivity contribution in [3.05, 3.63) is 47.7 Å². The second-order valence-corrected chi connectivity index (χ2v) is 13.5. The first-order chi connectivity index (χ1) is 21.9. The fraction of sp³-hybridized carbons (Fsp3) is 0.656. The summed E-state index contributed by atoms with van der Waals surface area (Å²) in [4.78, 5) is 31.3. The number of carbonyl (C=O) groups excluding carboxylic acids is 2. The first kappa shape index (κ1) is 32.4. The highest BCUT2D eigenvalue weighted by Crippen LogP contribution is 2.44. The zero-order valence-electron chi connectivity index (χ0n) is 26.1. The average molecular weight is 648 g/mol. The molecule has 0 bridgehead atoms. The largest absolute Gasteiger partial charge is 0.381 e. The fourth-order valence-corrected chi connectivity index (χ4v) is 7.13. The molecule has 3 aromatic rings. The lowest BCUT2D eigenvalue weighted by Gasteiger charge is -2.35. The number of hydrogen-bond donors (Lipinski definition) is 2. The normalized spacial score (nSPS) is 22.0. The number of nitrogens with one attached hydrogen (secondary N) is 2. The number of imidazole rings is 1. The Morgan fingerprint density at radius 3 is 2.35 bits per heavy atom. The number of amides is 2. The van der Waals surface area contributed by atoms with Crippen LogP contribution in [0.2, 0.25) is 0 Å². The second kappa shape index (κ2) is 12.9. The molecule has 2 N–H and O–H groups in total. The van der Waals surface area contributed by atoms with Gasteiger partial charge < -0.3 is 15.4 Å². The van der Waals surface area contributed by atoms with Crippen LogP contribution in [0.25, 0.3) is 5.65 Å². The van der Waals surface area contributed by atoms with E-state index < -0.39 is 23.9 Å². The van der Waals surface area contributed by atoms with Crippen LogP contribution in [0.1, 0.15) is 112 Å². The van der Waals surface area contributed by atoms with Crippen molar-refractivity contribution < 1.29 is 31.9 Å². The van der Waals surface area contributed by atoms with Crippen LogP contribution < -0.4 is 10.6 Å². The highest BCUT2D eigenvalue weighted by molar-refractivity contribution is 5.92. The molecule has 6 rings (SSSR count). The lowest BCUT2D eigenvalue weighted by Crippen LogP contribution is -2.41. The predicted octanol–water partition coefficient (Wildman–Crippen LogP) is 5.82. The number of nitrogens with zero attached hydrogens (tertiary/aromatic N) is 5. The molecule has 2 atom stereocenters. The molecule has 3 fully saturated rings. The van der Waals surface area contributed by atoms with E-state index in [4.69, 9.17) is 9.72 Å². The lowest BCUT2D eigenvalue weighted by atomic mass is 9.79. The van der Waals surface area contributed by atoms with Gasteiger partial charge in [-0.15, -0.1) is 0 Å². The average Bonchev–Trinajstić information content (AvgIpc) is 3.66. The number of alkyl halides is 4. The molecule has 3 aromatic heterocycles. The minimum atomic E-state index is -2.74. The number of rotatable bonds is 10. The quantitative estimate of drug-likeness (QED) is 0.268. The van der Waals surface area contributed by atoms with Crippen LogP contribution in [-0.2, 0) is 9.53 Å². The first-order valence-electron chi connectivity index (χ1n) is 16.2. The number of halogens is 4. The van der Waals surface area contributed by atoms with Crippen LogP contribution in [-0.4, -0.2) is 61.3 Å². The number of hydrogen-bond acceptors (Lipinski definition) is 6. The Morgan fingerprint density at radius 2 is 1.67 bits per heavy atom. The minimum absolute atomic E-state index is 0.0377. The van der Waals surface area contributed by atoms with Crippen LogP contribution in [0.3, 0.4) is 0 Å². The van der Waals surface area contributed by atoms with E-state index in [2.05, 4.69) is 20.8 Å². The molecule has 1 saturated heterocycles. The van der Waals surface area contributed by atoms with Gasteiger partial charge in [0.25, 0.3) is 5.91 Å². The van der Waals surface area contributed by atoms with E-state index in [1.54, 1.807) is 33.9 Å². The molecule has 0 radical (unpaired) electrons. The summed E-state index contributed by atoms with van der Waals surface area (Å²) in [6.07, 6.45) is 5.73. The van der Waals surface area contributed by atoms with Crippen LogP contribution >= 0.6 is 0 Å². The Kier molecular flexibility index (Phi) is 9.10.